The normalized spacial score (nSPS) is 26.6. The molecule has 1 fully saturated rings. The molecule has 2 atom stereocenters. The summed E-state index contributed by atoms with van der Waals surface area (Å²) >= 11 is 0. The van der Waals surface area contributed by atoms with E-state index in [0.717, 1.165) is 6.42 Å². The third-order valence-corrected chi connectivity index (χ3v) is 2.67. The van der Waals surface area contributed by atoms with Crippen LogP contribution < -0.4 is 0 Å². The monoisotopic (exact) mass is 196 g/mol. The fraction of sp³-hybridized carbons (Fsp3) is 0.667. The van der Waals surface area contributed by atoms with Crippen LogP contribution in [0.3, 0.4) is 0 Å². The number of hydrogen-bond acceptors (Lipinski definition) is 4. The average molecular weight is 196 g/mol. The molecule has 0 bridgehead atoms. The summed E-state index contributed by atoms with van der Waals surface area (Å²) in [6.45, 7) is 1.76. The van der Waals surface area contributed by atoms with E-state index in [1.807, 2.05) is 0 Å². The van der Waals surface area contributed by atoms with Gasteiger partial charge in [0.05, 0.1) is 5.92 Å². The molecule has 76 valence electrons. The fourth-order valence-corrected chi connectivity index (χ4v) is 1.91. The van der Waals surface area contributed by atoms with Gasteiger partial charge in [0.15, 0.2) is 5.82 Å². The lowest BCUT2D eigenvalue weighted by atomic mass is 10.1. The van der Waals surface area contributed by atoms with Gasteiger partial charge >= 0.3 is 5.97 Å². The molecule has 1 aromatic heterocycles. The lowest BCUT2D eigenvalue weighted by Gasteiger charge is -2.02. The summed E-state index contributed by atoms with van der Waals surface area (Å²) < 4.78 is 5.02. The van der Waals surface area contributed by atoms with Crippen molar-refractivity contribution < 1.29 is 14.4 Å². The fourth-order valence-electron chi connectivity index (χ4n) is 1.91. The van der Waals surface area contributed by atoms with Gasteiger partial charge in [0.1, 0.15) is 0 Å². The standard InChI is InChI=1S/C9H12N2O3/c1-5-10-8(14-11-5)6-2-3-7(4-6)9(12)13/h6-7H,2-4H2,1H3,(H,12,13). The molecule has 14 heavy (non-hydrogen) atoms. The minimum absolute atomic E-state index is 0.136. The molecule has 5 nitrogen and oxygen atoms in total. The Morgan fingerprint density at radius 3 is 2.86 bits per heavy atom. The first-order valence-corrected chi connectivity index (χ1v) is 4.70. The molecule has 1 aliphatic carbocycles. The van der Waals surface area contributed by atoms with Crippen molar-refractivity contribution >= 4 is 5.97 Å². The second kappa shape index (κ2) is 3.40. The van der Waals surface area contributed by atoms with Crippen molar-refractivity contribution in [2.75, 3.05) is 0 Å². The predicted octanol–water partition coefficient (Wildman–Crippen LogP) is 1.35. The SMILES string of the molecule is Cc1noc(C2CCC(C(=O)O)C2)n1. The third kappa shape index (κ3) is 1.62. The molecule has 0 spiro atoms. The number of hydrogen-bond donors (Lipinski definition) is 1. The summed E-state index contributed by atoms with van der Waals surface area (Å²) in [6, 6.07) is 0. The first kappa shape index (κ1) is 9.18. The highest BCUT2D eigenvalue weighted by Crippen LogP contribution is 2.37. The lowest BCUT2D eigenvalue weighted by molar-refractivity contribution is -0.141. The van der Waals surface area contributed by atoms with E-state index in [0.29, 0.717) is 24.6 Å². The van der Waals surface area contributed by atoms with E-state index in [1.165, 1.54) is 0 Å². The Balaban J connectivity index is 2.05. The van der Waals surface area contributed by atoms with Gasteiger partial charge in [-0.15, -0.1) is 0 Å². The summed E-state index contributed by atoms with van der Waals surface area (Å²) in [5, 5.41) is 12.5. The summed E-state index contributed by atoms with van der Waals surface area (Å²) in [6.07, 6.45) is 2.16. The molecule has 1 aromatic rings. The quantitative estimate of drug-likeness (QED) is 0.772. The lowest BCUT2D eigenvalue weighted by Crippen LogP contribution is -2.09. The Bertz CT molecular complexity index is 348. The van der Waals surface area contributed by atoms with E-state index in [9.17, 15) is 4.79 Å². The summed E-state index contributed by atoms with van der Waals surface area (Å²) in [4.78, 5) is 14.8. The zero-order valence-electron chi connectivity index (χ0n) is 7.93. The van der Waals surface area contributed by atoms with E-state index in [2.05, 4.69) is 10.1 Å². The van der Waals surface area contributed by atoms with Crippen molar-refractivity contribution in [1.82, 2.24) is 10.1 Å². The van der Waals surface area contributed by atoms with Crippen LogP contribution in [0.25, 0.3) is 0 Å². The Morgan fingerprint density at radius 1 is 1.57 bits per heavy atom. The number of carboxylic acids is 1. The third-order valence-electron chi connectivity index (χ3n) is 2.67. The number of aryl methyl sites for hydroxylation is 1. The molecule has 1 aliphatic rings. The first-order valence-electron chi connectivity index (χ1n) is 4.70. The summed E-state index contributed by atoms with van der Waals surface area (Å²) in [5.74, 6) is 0.373. The number of nitrogens with zero attached hydrogens (tertiary/aromatic N) is 2. The van der Waals surface area contributed by atoms with Crippen LogP contribution >= 0.6 is 0 Å². The second-order valence-electron chi connectivity index (χ2n) is 3.72. The second-order valence-corrected chi connectivity index (χ2v) is 3.72. The smallest absolute Gasteiger partial charge is 0.306 e. The molecule has 0 radical (unpaired) electrons. The van der Waals surface area contributed by atoms with Crippen LogP contribution in [-0.2, 0) is 4.79 Å². The zero-order chi connectivity index (χ0) is 10.1. The maximum absolute atomic E-state index is 10.7. The molecule has 1 saturated carbocycles. The van der Waals surface area contributed by atoms with E-state index in [-0.39, 0.29) is 11.8 Å². The summed E-state index contributed by atoms with van der Waals surface area (Å²) in [7, 11) is 0. The van der Waals surface area contributed by atoms with Gasteiger partial charge in [0.25, 0.3) is 0 Å². The zero-order valence-corrected chi connectivity index (χ0v) is 7.93. The topological polar surface area (TPSA) is 76.2 Å². The maximum Gasteiger partial charge on any atom is 0.306 e. The maximum atomic E-state index is 10.7. The van der Waals surface area contributed by atoms with Gasteiger partial charge in [-0.1, -0.05) is 5.16 Å². The van der Waals surface area contributed by atoms with Gasteiger partial charge in [0.2, 0.25) is 5.89 Å². The van der Waals surface area contributed by atoms with Crippen molar-refractivity contribution in [2.45, 2.75) is 32.1 Å². The minimum Gasteiger partial charge on any atom is -0.481 e. The highest BCUT2D eigenvalue weighted by molar-refractivity contribution is 5.70. The van der Waals surface area contributed by atoms with Crippen molar-refractivity contribution in [2.24, 2.45) is 5.92 Å². The molecule has 0 saturated heterocycles. The number of carbonyl (C=O) groups is 1. The minimum atomic E-state index is -0.719. The van der Waals surface area contributed by atoms with Gasteiger partial charge in [0, 0.05) is 5.92 Å². The molecule has 2 rings (SSSR count). The number of carboxylic acid groups (broad SMARTS) is 1. The van der Waals surface area contributed by atoms with Gasteiger partial charge in [-0.05, 0) is 26.2 Å². The van der Waals surface area contributed by atoms with Gasteiger partial charge in [-0.3, -0.25) is 4.79 Å². The molecule has 0 aromatic carbocycles. The van der Waals surface area contributed by atoms with Crippen molar-refractivity contribution in [3.05, 3.63) is 11.7 Å². The predicted molar refractivity (Wildman–Crippen MR) is 46.8 cm³/mol. The Kier molecular flexibility index (Phi) is 2.23. The number of aromatic nitrogens is 2. The highest BCUT2D eigenvalue weighted by atomic mass is 16.5. The largest absolute Gasteiger partial charge is 0.481 e. The molecule has 0 amide bonds. The van der Waals surface area contributed by atoms with Crippen LogP contribution in [0, 0.1) is 12.8 Å². The van der Waals surface area contributed by atoms with Gasteiger partial charge in [-0.2, -0.15) is 4.98 Å². The van der Waals surface area contributed by atoms with E-state index in [1.54, 1.807) is 6.92 Å². The number of rotatable bonds is 2. The van der Waals surface area contributed by atoms with E-state index in [4.69, 9.17) is 9.63 Å². The van der Waals surface area contributed by atoms with Crippen molar-refractivity contribution in [3.8, 4) is 0 Å². The van der Waals surface area contributed by atoms with Crippen LogP contribution in [0.1, 0.15) is 36.9 Å². The van der Waals surface area contributed by atoms with Crippen LogP contribution in [0.5, 0.6) is 0 Å². The Hall–Kier alpha value is -1.39. The molecular weight excluding hydrogens is 184 g/mol. The van der Waals surface area contributed by atoms with Crippen LogP contribution in [-0.4, -0.2) is 21.2 Å². The van der Waals surface area contributed by atoms with Crippen LogP contribution in [0.2, 0.25) is 0 Å². The number of aliphatic carboxylic acids is 1. The van der Waals surface area contributed by atoms with Crippen molar-refractivity contribution in [1.29, 1.82) is 0 Å². The highest BCUT2D eigenvalue weighted by Gasteiger charge is 2.33. The Morgan fingerprint density at radius 2 is 2.36 bits per heavy atom. The van der Waals surface area contributed by atoms with Gasteiger partial charge < -0.3 is 9.63 Å². The molecule has 0 aliphatic heterocycles. The van der Waals surface area contributed by atoms with Crippen LogP contribution in [0.4, 0.5) is 0 Å². The molecular formula is C9H12N2O3. The molecule has 1 heterocycles. The van der Waals surface area contributed by atoms with E-state index < -0.39 is 5.97 Å². The molecule has 2 unspecified atom stereocenters. The first-order chi connectivity index (χ1) is 6.66. The molecule has 5 heteroatoms. The van der Waals surface area contributed by atoms with Gasteiger partial charge in [-0.25, -0.2) is 0 Å². The molecule has 1 N–H and O–H groups in total. The average Bonchev–Trinajstić information content (AvgIpc) is 2.70. The van der Waals surface area contributed by atoms with Crippen LogP contribution in [0.15, 0.2) is 4.52 Å². The Labute approximate surface area is 81.1 Å². The van der Waals surface area contributed by atoms with E-state index >= 15 is 0 Å². The summed E-state index contributed by atoms with van der Waals surface area (Å²) in [5.41, 5.74) is 0. The van der Waals surface area contributed by atoms with Crippen molar-refractivity contribution in [3.63, 3.8) is 0 Å².